The lowest BCUT2D eigenvalue weighted by Gasteiger charge is -2.15. The third kappa shape index (κ3) is 5.11. The fourth-order valence-corrected chi connectivity index (χ4v) is 5.62. The van der Waals surface area contributed by atoms with Gasteiger partial charge in [-0.05, 0) is 42.5 Å². The van der Waals surface area contributed by atoms with E-state index in [1.807, 2.05) is 4.72 Å². The first kappa shape index (κ1) is 22.1. The molecule has 0 unspecified atom stereocenters. The minimum Gasteiger partial charge on any atom is -0.277 e. The third-order valence-corrected chi connectivity index (χ3v) is 7.73. The summed E-state index contributed by atoms with van der Waals surface area (Å²) in [5.41, 5.74) is -0.545. The van der Waals surface area contributed by atoms with Crippen molar-refractivity contribution in [1.82, 2.24) is 0 Å². The maximum absolute atomic E-state index is 12.8. The van der Waals surface area contributed by atoms with Crippen LogP contribution in [0.3, 0.4) is 0 Å². The van der Waals surface area contributed by atoms with E-state index in [1.54, 1.807) is 12.1 Å². The van der Waals surface area contributed by atoms with E-state index < -0.39 is 29.1 Å². The zero-order chi connectivity index (χ0) is 22.0. The van der Waals surface area contributed by atoms with E-state index in [0.29, 0.717) is 0 Å². The average molecular weight is 487 g/mol. The first-order valence-electron chi connectivity index (χ1n) is 8.23. The van der Waals surface area contributed by atoms with E-state index in [2.05, 4.69) is 4.72 Å². The molecule has 0 aliphatic rings. The Hall–Kier alpha value is -2.60. The van der Waals surface area contributed by atoms with Crippen LogP contribution in [-0.2, 0) is 29.1 Å². The molecular formula is C18H15ClN2O6S3. The predicted octanol–water partition coefficient (Wildman–Crippen LogP) is 3.22. The second kappa shape index (κ2) is 8.26. The molecule has 0 aliphatic carbocycles. The topological polar surface area (TPSA) is 126 Å². The molecule has 0 fully saturated rings. The number of hydrogen-bond donors (Lipinski definition) is 2. The summed E-state index contributed by atoms with van der Waals surface area (Å²) in [5.74, 6) is 0. The molecule has 12 heteroatoms. The Bertz CT molecular complexity index is 1380. The molecule has 0 spiro atoms. The minimum atomic E-state index is -4.35. The van der Waals surface area contributed by atoms with Crippen LogP contribution in [0, 0.1) is 0 Å². The number of hydrogen-bond acceptors (Lipinski definition) is 6. The van der Waals surface area contributed by atoms with Gasteiger partial charge in [-0.1, -0.05) is 36.4 Å². The van der Waals surface area contributed by atoms with Crippen molar-refractivity contribution in [2.45, 2.75) is 14.7 Å². The SMILES string of the molecule is O=S(=O)(Cl)Nc1cc(S(=O)(=O)c2ccccc2)ccc1NS(=O)(=O)c1ccccc1. The Kier molecular flexibility index (Phi) is 6.09. The molecule has 0 saturated heterocycles. The van der Waals surface area contributed by atoms with Gasteiger partial charge in [0.2, 0.25) is 9.84 Å². The molecule has 0 amide bonds. The first-order valence-corrected chi connectivity index (χ1v) is 13.5. The van der Waals surface area contributed by atoms with Gasteiger partial charge in [-0.25, -0.2) is 16.8 Å². The van der Waals surface area contributed by atoms with Crippen LogP contribution in [0.25, 0.3) is 0 Å². The quantitative estimate of drug-likeness (QED) is 0.494. The maximum Gasteiger partial charge on any atom is 0.319 e. The fraction of sp³-hybridized carbons (Fsp3) is 0. The predicted molar refractivity (Wildman–Crippen MR) is 114 cm³/mol. The van der Waals surface area contributed by atoms with Crippen LogP contribution in [-0.4, -0.2) is 25.3 Å². The number of sulfonamides is 1. The average Bonchev–Trinajstić information content (AvgIpc) is 2.69. The fourth-order valence-electron chi connectivity index (χ4n) is 2.53. The van der Waals surface area contributed by atoms with Gasteiger partial charge in [-0.2, -0.15) is 8.42 Å². The number of sulfone groups is 1. The van der Waals surface area contributed by atoms with Gasteiger partial charge in [0, 0.05) is 10.7 Å². The highest BCUT2D eigenvalue weighted by Crippen LogP contribution is 2.31. The summed E-state index contributed by atoms with van der Waals surface area (Å²) in [5, 5.41) is 0. The summed E-state index contributed by atoms with van der Waals surface area (Å²) in [6.07, 6.45) is 0. The Morgan fingerprint density at radius 2 is 1.10 bits per heavy atom. The number of rotatable bonds is 7. The molecule has 158 valence electrons. The van der Waals surface area contributed by atoms with Gasteiger partial charge in [-0.3, -0.25) is 9.44 Å². The highest BCUT2D eigenvalue weighted by atomic mass is 35.7. The van der Waals surface area contributed by atoms with E-state index in [9.17, 15) is 25.3 Å². The summed E-state index contributed by atoms with van der Waals surface area (Å²) < 4.78 is 78.1. The van der Waals surface area contributed by atoms with Crippen LogP contribution in [0.15, 0.2) is 93.5 Å². The summed E-state index contributed by atoms with van der Waals surface area (Å²) in [7, 11) is -7.16. The molecular weight excluding hydrogens is 472 g/mol. The molecule has 0 heterocycles. The summed E-state index contributed by atoms with van der Waals surface area (Å²) in [6.45, 7) is 0. The minimum absolute atomic E-state index is 0.0118. The van der Waals surface area contributed by atoms with Crippen molar-refractivity contribution in [3.05, 3.63) is 78.9 Å². The Labute approximate surface area is 179 Å². The maximum atomic E-state index is 12.8. The number of halogens is 1. The van der Waals surface area contributed by atoms with Crippen molar-refractivity contribution < 1.29 is 25.3 Å². The second-order valence-electron chi connectivity index (χ2n) is 5.98. The van der Waals surface area contributed by atoms with Crippen molar-refractivity contribution in [3.8, 4) is 0 Å². The van der Waals surface area contributed by atoms with E-state index in [0.717, 1.165) is 18.2 Å². The molecule has 2 N–H and O–H groups in total. The monoisotopic (exact) mass is 486 g/mol. The first-order chi connectivity index (χ1) is 14.0. The second-order valence-corrected chi connectivity index (χ2v) is 11.9. The number of benzene rings is 3. The molecule has 3 rings (SSSR count). The Balaban J connectivity index is 2.09. The molecule has 0 aliphatic heterocycles. The van der Waals surface area contributed by atoms with Crippen LogP contribution in [0.1, 0.15) is 0 Å². The van der Waals surface area contributed by atoms with Crippen LogP contribution in [0.5, 0.6) is 0 Å². The zero-order valence-corrected chi connectivity index (χ0v) is 18.3. The molecule has 0 aromatic heterocycles. The lowest BCUT2D eigenvalue weighted by atomic mass is 10.3. The van der Waals surface area contributed by atoms with Gasteiger partial charge in [-0.15, -0.1) is 0 Å². The van der Waals surface area contributed by atoms with Gasteiger partial charge >= 0.3 is 9.24 Å². The van der Waals surface area contributed by atoms with Gasteiger partial charge in [0.15, 0.2) is 0 Å². The van der Waals surface area contributed by atoms with Crippen molar-refractivity contribution >= 4 is 51.2 Å². The van der Waals surface area contributed by atoms with E-state index >= 15 is 0 Å². The summed E-state index contributed by atoms with van der Waals surface area (Å²) in [4.78, 5) is -0.327. The molecule has 3 aromatic rings. The third-order valence-electron chi connectivity index (χ3n) is 3.88. The molecule has 0 radical (unpaired) electrons. The van der Waals surface area contributed by atoms with Gasteiger partial charge in [0.05, 0.1) is 26.1 Å². The normalized spacial score (nSPS) is 12.3. The van der Waals surface area contributed by atoms with Gasteiger partial charge in [0.1, 0.15) is 0 Å². The van der Waals surface area contributed by atoms with Crippen molar-refractivity contribution in [1.29, 1.82) is 0 Å². The number of anilines is 2. The Morgan fingerprint density at radius 1 is 0.567 bits per heavy atom. The largest absolute Gasteiger partial charge is 0.319 e. The summed E-state index contributed by atoms with van der Waals surface area (Å²) >= 11 is 0. The van der Waals surface area contributed by atoms with Gasteiger partial charge in [0.25, 0.3) is 10.0 Å². The van der Waals surface area contributed by atoms with Crippen LogP contribution in [0.4, 0.5) is 11.4 Å². The highest BCUT2D eigenvalue weighted by molar-refractivity contribution is 8.14. The zero-order valence-electron chi connectivity index (χ0n) is 15.1. The van der Waals surface area contributed by atoms with E-state index in [4.69, 9.17) is 10.7 Å². The molecule has 0 bridgehead atoms. The van der Waals surface area contributed by atoms with Crippen molar-refractivity contribution in [2.75, 3.05) is 9.44 Å². The van der Waals surface area contributed by atoms with E-state index in [1.165, 1.54) is 48.5 Å². The lowest BCUT2D eigenvalue weighted by molar-refractivity contribution is 0.595. The molecule has 3 aromatic carbocycles. The standard InChI is InChI=1S/C18H15ClN2O6S3/c19-30(26,27)21-18-13-16(28(22,23)14-7-3-1-4-8-14)11-12-17(18)20-29(24,25)15-9-5-2-6-10-15/h1-13,20-21H. The van der Waals surface area contributed by atoms with Crippen LogP contribution < -0.4 is 9.44 Å². The molecule has 30 heavy (non-hydrogen) atoms. The van der Waals surface area contributed by atoms with Crippen molar-refractivity contribution in [3.63, 3.8) is 0 Å². The van der Waals surface area contributed by atoms with E-state index in [-0.39, 0.29) is 26.1 Å². The molecule has 8 nitrogen and oxygen atoms in total. The van der Waals surface area contributed by atoms with Crippen LogP contribution >= 0.6 is 10.7 Å². The number of nitrogens with one attached hydrogen (secondary N) is 2. The lowest BCUT2D eigenvalue weighted by Crippen LogP contribution is -2.16. The highest BCUT2D eigenvalue weighted by Gasteiger charge is 2.22. The van der Waals surface area contributed by atoms with Gasteiger partial charge < -0.3 is 0 Å². The smallest absolute Gasteiger partial charge is 0.277 e. The Morgan fingerprint density at radius 3 is 1.63 bits per heavy atom. The molecule has 0 saturated carbocycles. The molecule has 0 atom stereocenters. The van der Waals surface area contributed by atoms with Crippen molar-refractivity contribution in [2.24, 2.45) is 0 Å². The van der Waals surface area contributed by atoms with Crippen LogP contribution in [0.2, 0.25) is 0 Å². The summed E-state index contributed by atoms with van der Waals surface area (Å²) in [6, 6.07) is 18.2.